The van der Waals surface area contributed by atoms with Gasteiger partial charge >= 0.3 is 12.1 Å². The number of rotatable bonds is 5. The molecule has 2 amide bonds. The Kier molecular flexibility index (Phi) is 5.39. The highest BCUT2D eigenvalue weighted by molar-refractivity contribution is 5.89. The summed E-state index contributed by atoms with van der Waals surface area (Å²) in [7, 11) is 0. The van der Waals surface area contributed by atoms with Gasteiger partial charge in [-0.2, -0.15) is 13.2 Å². The van der Waals surface area contributed by atoms with Crippen molar-refractivity contribution in [2.24, 2.45) is 11.3 Å². The minimum absolute atomic E-state index is 0.0505. The summed E-state index contributed by atoms with van der Waals surface area (Å²) in [6.45, 7) is -1.70. The molecule has 0 aromatic carbocycles. The van der Waals surface area contributed by atoms with Crippen LogP contribution in [0.25, 0.3) is 0 Å². The fraction of sp³-hybridized carbons (Fsp3) is 0.800. The molecular formula is C15H21F3N2O4. The van der Waals surface area contributed by atoms with Gasteiger partial charge in [0.05, 0.1) is 11.3 Å². The van der Waals surface area contributed by atoms with Crippen LogP contribution in [0.15, 0.2) is 0 Å². The van der Waals surface area contributed by atoms with Gasteiger partial charge in [0.1, 0.15) is 6.54 Å². The summed E-state index contributed by atoms with van der Waals surface area (Å²) in [6, 6.07) is 0. The van der Waals surface area contributed by atoms with E-state index in [1.54, 1.807) is 0 Å². The molecule has 9 heteroatoms. The number of nitrogens with zero attached hydrogens (tertiary/aromatic N) is 1. The van der Waals surface area contributed by atoms with Gasteiger partial charge in [0, 0.05) is 19.5 Å². The van der Waals surface area contributed by atoms with Crippen LogP contribution >= 0.6 is 0 Å². The zero-order valence-electron chi connectivity index (χ0n) is 13.2. The second-order valence-corrected chi connectivity index (χ2v) is 6.65. The number of hydrogen-bond donors (Lipinski definition) is 2. The van der Waals surface area contributed by atoms with Crippen molar-refractivity contribution in [1.29, 1.82) is 0 Å². The van der Waals surface area contributed by atoms with Gasteiger partial charge in [-0.15, -0.1) is 0 Å². The van der Waals surface area contributed by atoms with E-state index in [1.165, 1.54) is 0 Å². The molecule has 0 aromatic rings. The molecule has 2 aliphatic rings. The lowest BCUT2D eigenvalue weighted by Crippen LogP contribution is -2.46. The fourth-order valence-corrected chi connectivity index (χ4v) is 3.41. The maximum atomic E-state index is 12.4. The molecule has 2 rings (SSSR count). The van der Waals surface area contributed by atoms with Gasteiger partial charge in [-0.25, -0.2) is 0 Å². The molecule has 1 saturated heterocycles. The first-order valence-electron chi connectivity index (χ1n) is 7.99. The smallest absolute Gasteiger partial charge is 0.406 e. The zero-order valence-corrected chi connectivity index (χ0v) is 13.2. The molecule has 1 saturated carbocycles. The molecule has 0 aromatic heterocycles. The third kappa shape index (κ3) is 4.39. The number of aliphatic carboxylic acids is 1. The highest BCUT2D eigenvalue weighted by Crippen LogP contribution is 2.36. The number of amides is 2. The van der Waals surface area contributed by atoms with Crippen LogP contribution in [-0.2, 0) is 14.4 Å². The Hall–Kier alpha value is -1.80. The molecule has 2 N–H and O–H groups in total. The lowest BCUT2D eigenvalue weighted by atomic mass is 9.74. The lowest BCUT2D eigenvalue weighted by molar-refractivity contribution is -0.157. The Morgan fingerprint density at radius 2 is 1.88 bits per heavy atom. The Labute approximate surface area is 137 Å². The first-order valence-corrected chi connectivity index (χ1v) is 7.99. The maximum Gasteiger partial charge on any atom is 0.406 e. The van der Waals surface area contributed by atoms with Crippen molar-refractivity contribution in [2.45, 2.75) is 44.7 Å². The van der Waals surface area contributed by atoms with E-state index in [1.807, 2.05) is 0 Å². The molecule has 24 heavy (non-hydrogen) atoms. The van der Waals surface area contributed by atoms with Crippen LogP contribution in [-0.4, -0.2) is 53.6 Å². The summed E-state index contributed by atoms with van der Waals surface area (Å²) in [5.41, 5.74) is -1.01. The second kappa shape index (κ2) is 6.98. The van der Waals surface area contributed by atoms with Gasteiger partial charge in [0.15, 0.2) is 0 Å². The second-order valence-electron chi connectivity index (χ2n) is 6.65. The number of nitrogens with one attached hydrogen (secondary N) is 1. The zero-order chi connectivity index (χ0) is 18.0. The highest BCUT2D eigenvalue weighted by atomic mass is 19.4. The van der Waals surface area contributed by atoms with Crippen LogP contribution in [0.3, 0.4) is 0 Å². The third-order valence-corrected chi connectivity index (χ3v) is 4.82. The molecule has 2 fully saturated rings. The van der Waals surface area contributed by atoms with Gasteiger partial charge in [-0.3, -0.25) is 14.4 Å². The first-order chi connectivity index (χ1) is 11.1. The number of carboxylic acid groups (broad SMARTS) is 1. The maximum absolute atomic E-state index is 12.4. The number of halogens is 3. The predicted molar refractivity (Wildman–Crippen MR) is 76.9 cm³/mol. The molecule has 0 radical (unpaired) electrons. The average molecular weight is 350 g/mol. The monoisotopic (exact) mass is 350 g/mol. The third-order valence-electron chi connectivity index (χ3n) is 4.82. The number of carbonyl (C=O) groups excluding carboxylic acids is 2. The number of hydrogen-bond acceptors (Lipinski definition) is 3. The van der Waals surface area contributed by atoms with Crippen molar-refractivity contribution in [3.05, 3.63) is 0 Å². The van der Waals surface area contributed by atoms with Crippen LogP contribution in [0.5, 0.6) is 0 Å². The van der Waals surface area contributed by atoms with E-state index < -0.39 is 41.8 Å². The summed E-state index contributed by atoms with van der Waals surface area (Å²) in [6.07, 6.45) is -1.36. The van der Waals surface area contributed by atoms with Gasteiger partial charge in [0.2, 0.25) is 11.8 Å². The summed E-state index contributed by atoms with van der Waals surface area (Å²) in [5, 5.41) is 12.0. The van der Waals surface area contributed by atoms with E-state index in [-0.39, 0.29) is 19.5 Å². The van der Waals surface area contributed by atoms with Crippen molar-refractivity contribution in [3.63, 3.8) is 0 Å². The van der Waals surface area contributed by atoms with E-state index >= 15 is 0 Å². The summed E-state index contributed by atoms with van der Waals surface area (Å²) in [5.74, 6) is -3.10. The highest BCUT2D eigenvalue weighted by Gasteiger charge is 2.43. The van der Waals surface area contributed by atoms with Gasteiger partial charge in [0.25, 0.3) is 0 Å². The van der Waals surface area contributed by atoms with Crippen LogP contribution in [0.1, 0.15) is 38.5 Å². The SMILES string of the molecule is O=C(NCC1(C(=O)O)CCCCC1)C1CC(=O)N(CC(F)(F)F)C1. The van der Waals surface area contributed by atoms with Crippen molar-refractivity contribution in [2.75, 3.05) is 19.6 Å². The van der Waals surface area contributed by atoms with Crippen molar-refractivity contribution in [3.8, 4) is 0 Å². The van der Waals surface area contributed by atoms with Crippen LogP contribution in [0, 0.1) is 11.3 Å². The van der Waals surface area contributed by atoms with Crippen molar-refractivity contribution >= 4 is 17.8 Å². The fourth-order valence-electron chi connectivity index (χ4n) is 3.41. The molecule has 6 nitrogen and oxygen atoms in total. The molecule has 1 atom stereocenters. The van der Waals surface area contributed by atoms with E-state index in [2.05, 4.69) is 5.32 Å². The number of alkyl halides is 3. The van der Waals surface area contributed by atoms with E-state index in [0.29, 0.717) is 17.7 Å². The van der Waals surface area contributed by atoms with Crippen LogP contribution in [0.2, 0.25) is 0 Å². The number of carboxylic acids is 1. The van der Waals surface area contributed by atoms with Gasteiger partial charge in [-0.1, -0.05) is 19.3 Å². The predicted octanol–water partition coefficient (Wildman–Crippen LogP) is 1.55. The van der Waals surface area contributed by atoms with Gasteiger partial charge in [-0.05, 0) is 12.8 Å². The minimum atomic E-state index is -4.50. The number of likely N-dealkylation sites (tertiary alicyclic amines) is 1. The average Bonchev–Trinajstić information content (AvgIpc) is 2.85. The molecular weight excluding hydrogens is 329 g/mol. The lowest BCUT2D eigenvalue weighted by Gasteiger charge is -2.33. The Balaban J connectivity index is 1.91. The topological polar surface area (TPSA) is 86.7 Å². The van der Waals surface area contributed by atoms with E-state index in [4.69, 9.17) is 0 Å². The Morgan fingerprint density at radius 1 is 1.25 bits per heavy atom. The summed E-state index contributed by atoms with van der Waals surface area (Å²) < 4.78 is 37.1. The standard InChI is InChI=1S/C15H21F3N2O4/c16-15(17,18)9-20-7-10(6-11(20)21)12(22)19-8-14(13(23)24)4-2-1-3-5-14/h10H,1-9H2,(H,19,22)(H,23,24). The quantitative estimate of drug-likeness (QED) is 0.788. The van der Waals surface area contributed by atoms with Crippen molar-refractivity contribution in [1.82, 2.24) is 10.2 Å². The molecule has 1 aliphatic carbocycles. The normalized spacial score (nSPS) is 24.0. The van der Waals surface area contributed by atoms with Crippen LogP contribution in [0.4, 0.5) is 13.2 Å². The van der Waals surface area contributed by atoms with E-state index in [0.717, 1.165) is 19.3 Å². The molecule has 0 bridgehead atoms. The molecule has 0 spiro atoms. The molecule has 1 heterocycles. The van der Waals surface area contributed by atoms with Gasteiger partial charge < -0.3 is 15.3 Å². The Morgan fingerprint density at radius 3 is 2.42 bits per heavy atom. The molecule has 1 aliphatic heterocycles. The van der Waals surface area contributed by atoms with Crippen LogP contribution < -0.4 is 5.32 Å². The van der Waals surface area contributed by atoms with E-state index in [9.17, 15) is 32.7 Å². The summed E-state index contributed by atoms with van der Waals surface area (Å²) in [4.78, 5) is 35.9. The molecule has 1 unspecified atom stereocenters. The summed E-state index contributed by atoms with van der Waals surface area (Å²) >= 11 is 0. The molecule has 136 valence electrons. The number of carbonyl (C=O) groups is 3. The minimum Gasteiger partial charge on any atom is -0.481 e. The first kappa shape index (κ1) is 18.5. The van der Waals surface area contributed by atoms with Crippen molar-refractivity contribution < 1.29 is 32.7 Å². The largest absolute Gasteiger partial charge is 0.481 e. The Bertz CT molecular complexity index is 515.